The van der Waals surface area contributed by atoms with E-state index in [1.165, 1.54) is 14.2 Å². The fourth-order valence-corrected chi connectivity index (χ4v) is 3.28. The molecular weight excluding hydrogens is 452 g/mol. The average molecular weight is 475 g/mol. The van der Waals surface area contributed by atoms with Crippen molar-refractivity contribution in [2.45, 2.75) is 18.9 Å². The molecule has 2 aromatic carbocycles. The van der Waals surface area contributed by atoms with Gasteiger partial charge in [-0.1, -0.05) is 22.8 Å². The van der Waals surface area contributed by atoms with Crippen LogP contribution in [0.25, 0.3) is 11.4 Å². The van der Waals surface area contributed by atoms with Crippen molar-refractivity contribution in [1.29, 1.82) is 0 Å². The monoisotopic (exact) mass is 474 g/mol. The molecule has 3 N–H and O–H groups in total. The molecule has 0 fully saturated rings. The summed E-state index contributed by atoms with van der Waals surface area (Å²) in [5.74, 6) is 0.722. The summed E-state index contributed by atoms with van der Waals surface area (Å²) in [6, 6.07) is 11.2. The molecule has 0 radical (unpaired) electrons. The number of hydrogen-bond acceptors (Lipinski definition) is 7. The van der Waals surface area contributed by atoms with Crippen LogP contribution in [-0.2, 0) is 0 Å². The SMILES string of the molecule is COc1cccc(OC)c1C(=O)NC(CCCNC(=O)O)c1nc(-c2ccc(Cl)cc2)no1. The number of halogens is 1. The fourth-order valence-electron chi connectivity index (χ4n) is 3.16. The molecule has 0 aliphatic rings. The van der Waals surface area contributed by atoms with Crippen LogP contribution in [0.15, 0.2) is 47.0 Å². The maximum atomic E-state index is 13.2. The Bertz CT molecular complexity index is 1080. The van der Waals surface area contributed by atoms with Gasteiger partial charge in [0.2, 0.25) is 11.7 Å². The topological polar surface area (TPSA) is 136 Å². The first kappa shape index (κ1) is 23.9. The number of amides is 2. The molecule has 174 valence electrons. The molecule has 2 amide bonds. The number of hydrogen-bond donors (Lipinski definition) is 3. The summed E-state index contributed by atoms with van der Waals surface area (Å²) < 4.78 is 16.1. The standard InChI is InChI=1S/C22H23ClN4O6/c1-31-16-6-3-7-17(32-2)18(16)20(28)25-15(5-4-12-24-22(29)30)21-26-19(27-33-21)13-8-10-14(23)11-9-13/h3,6-11,15,24H,4-5,12H2,1-2H3,(H,25,28)(H,29,30). The zero-order chi connectivity index (χ0) is 23.8. The number of methoxy groups -OCH3 is 2. The van der Waals surface area contributed by atoms with Crippen molar-refractivity contribution in [1.82, 2.24) is 20.8 Å². The first-order chi connectivity index (χ1) is 15.9. The van der Waals surface area contributed by atoms with Gasteiger partial charge in [-0.15, -0.1) is 0 Å². The number of rotatable bonds is 10. The van der Waals surface area contributed by atoms with Crippen LogP contribution >= 0.6 is 11.6 Å². The lowest BCUT2D eigenvalue weighted by Gasteiger charge is -2.18. The van der Waals surface area contributed by atoms with Crippen LogP contribution in [0.2, 0.25) is 5.02 Å². The second kappa shape index (κ2) is 11.2. The molecule has 11 heteroatoms. The lowest BCUT2D eigenvalue weighted by molar-refractivity contribution is 0.0918. The Morgan fingerprint density at radius 1 is 1.12 bits per heavy atom. The first-order valence-corrected chi connectivity index (χ1v) is 10.4. The molecule has 0 aliphatic carbocycles. The number of carboxylic acid groups (broad SMARTS) is 1. The minimum Gasteiger partial charge on any atom is -0.496 e. The first-order valence-electron chi connectivity index (χ1n) is 10.0. The minimum absolute atomic E-state index is 0.178. The number of nitrogens with zero attached hydrogens (tertiary/aromatic N) is 2. The van der Waals surface area contributed by atoms with Crippen LogP contribution in [0, 0.1) is 0 Å². The molecular formula is C22H23ClN4O6. The molecule has 1 atom stereocenters. The highest BCUT2D eigenvalue weighted by atomic mass is 35.5. The number of benzene rings is 2. The summed E-state index contributed by atoms with van der Waals surface area (Å²) in [6.07, 6.45) is -0.373. The van der Waals surface area contributed by atoms with Crippen molar-refractivity contribution in [3.05, 3.63) is 58.9 Å². The molecule has 33 heavy (non-hydrogen) atoms. The quantitative estimate of drug-likeness (QED) is 0.376. The fraction of sp³-hybridized carbons (Fsp3) is 0.273. The van der Waals surface area contributed by atoms with E-state index in [1.807, 2.05) is 0 Å². The largest absolute Gasteiger partial charge is 0.496 e. The van der Waals surface area contributed by atoms with E-state index in [2.05, 4.69) is 20.8 Å². The van der Waals surface area contributed by atoms with Gasteiger partial charge in [-0.2, -0.15) is 4.98 Å². The van der Waals surface area contributed by atoms with E-state index in [1.54, 1.807) is 42.5 Å². The molecule has 3 rings (SSSR count). The predicted molar refractivity (Wildman–Crippen MR) is 120 cm³/mol. The van der Waals surface area contributed by atoms with E-state index in [0.29, 0.717) is 40.8 Å². The molecule has 10 nitrogen and oxygen atoms in total. The minimum atomic E-state index is -1.13. The summed E-state index contributed by atoms with van der Waals surface area (Å²) in [5.41, 5.74) is 0.909. The van der Waals surface area contributed by atoms with Crippen LogP contribution in [-0.4, -0.2) is 48.0 Å². The van der Waals surface area contributed by atoms with Crippen LogP contribution < -0.4 is 20.1 Å². The summed E-state index contributed by atoms with van der Waals surface area (Å²) in [7, 11) is 2.91. The Morgan fingerprint density at radius 3 is 2.39 bits per heavy atom. The second-order valence-electron chi connectivity index (χ2n) is 6.90. The smallest absolute Gasteiger partial charge is 0.404 e. The van der Waals surface area contributed by atoms with Gasteiger partial charge in [-0.25, -0.2) is 4.79 Å². The molecule has 0 bridgehead atoms. The Balaban J connectivity index is 1.85. The van der Waals surface area contributed by atoms with Gasteiger partial charge in [0.15, 0.2) is 0 Å². The van der Waals surface area contributed by atoms with Crippen LogP contribution in [0.1, 0.15) is 35.1 Å². The third-order valence-electron chi connectivity index (χ3n) is 4.75. The van der Waals surface area contributed by atoms with E-state index in [9.17, 15) is 9.59 Å². The Morgan fingerprint density at radius 2 is 1.79 bits per heavy atom. The lowest BCUT2D eigenvalue weighted by Crippen LogP contribution is -2.30. The van der Waals surface area contributed by atoms with E-state index < -0.39 is 18.0 Å². The second-order valence-corrected chi connectivity index (χ2v) is 7.34. The number of aromatic nitrogens is 2. The van der Waals surface area contributed by atoms with Gasteiger partial charge in [0.25, 0.3) is 5.91 Å². The molecule has 0 aliphatic heterocycles. The molecule has 1 aromatic heterocycles. The summed E-state index contributed by atoms with van der Waals surface area (Å²) in [6.45, 7) is 0.192. The number of carbonyl (C=O) groups is 2. The van der Waals surface area contributed by atoms with Gasteiger partial charge in [-0.3, -0.25) is 4.79 Å². The third-order valence-corrected chi connectivity index (χ3v) is 5.00. The van der Waals surface area contributed by atoms with Crippen molar-refractivity contribution in [3.8, 4) is 22.9 Å². The highest BCUT2D eigenvalue weighted by Crippen LogP contribution is 2.30. The average Bonchev–Trinajstić information content (AvgIpc) is 3.30. The Labute approximate surface area is 194 Å². The molecule has 0 saturated heterocycles. The molecule has 1 heterocycles. The van der Waals surface area contributed by atoms with Crippen LogP contribution in [0.5, 0.6) is 11.5 Å². The van der Waals surface area contributed by atoms with Crippen molar-refractivity contribution >= 4 is 23.6 Å². The van der Waals surface area contributed by atoms with Crippen LogP contribution in [0.3, 0.4) is 0 Å². The van der Waals surface area contributed by atoms with Gasteiger partial charge < -0.3 is 29.7 Å². The van der Waals surface area contributed by atoms with Gasteiger partial charge in [0.05, 0.1) is 14.2 Å². The summed E-state index contributed by atoms with van der Waals surface area (Å²) >= 11 is 5.93. The van der Waals surface area contributed by atoms with E-state index in [-0.39, 0.29) is 18.0 Å². The van der Waals surface area contributed by atoms with E-state index in [0.717, 1.165) is 0 Å². The highest BCUT2D eigenvalue weighted by molar-refractivity contribution is 6.30. The van der Waals surface area contributed by atoms with Crippen molar-refractivity contribution < 1.29 is 28.7 Å². The number of ether oxygens (including phenoxy) is 2. The van der Waals surface area contributed by atoms with Gasteiger partial charge >= 0.3 is 6.09 Å². The third kappa shape index (κ3) is 6.13. The normalized spacial score (nSPS) is 11.5. The van der Waals surface area contributed by atoms with Gasteiger partial charge in [0, 0.05) is 17.1 Å². The summed E-state index contributed by atoms with van der Waals surface area (Å²) in [5, 5.41) is 18.5. The molecule has 3 aromatic rings. The zero-order valence-electron chi connectivity index (χ0n) is 18.0. The summed E-state index contributed by atoms with van der Waals surface area (Å²) in [4.78, 5) is 28.3. The van der Waals surface area contributed by atoms with E-state index >= 15 is 0 Å². The maximum absolute atomic E-state index is 13.2. The highest BCUT2D eigenvalue weighted by Gasteiger charge is 2.26. The van der Waals surface area contributed by atoms with Crippen LogP contribution in [0.4, 0.5) is 4.79 Å². The molecule has 0 saturated carbocycles. The molecule has 1 unspecified atom stereocenters. The molecule has 0 spiro atoms. The van der Waals surface area contributed by atoms with Crippen molar-refractivity contribution in [2.75, 3.05) is 20.8 Å². The van der Waals surface area contributed by atoms with Crippen molar-refractivity contribution in [3.63, 3.8) is 0 Å². The number of carbonyl (C=O) groups excluding carboxylic acids is 1. The Kier molecular flexibility index (Phi) is 8.09. The Hall–Kier alpha value is -3.79. The van der Waals surface area contributed by atoms with Crippen molar-refractivity contribution in [2.24, 2.45) is 0 Å². The van der Waals surface area contributed by atoms with E-state index in [4.69, 9.17) is 30.7 Å². The maximum Gasteiger partial charge on any atom is 0.404 e. The van der Waals surface area contributed by atoms with Gasteiger partial charge in [-0.05, 0) is 49.2 Å². The lowest BCUT2D eigenvalue weighted by atomic mass is 10.1. The zero-order valence-corrected chi connectivity index (χ0v) is 18.8. The van der Waals surface area contributed by atoms with Gasteiger partial charge in [0.1, 0.15) is 23.1 Å². The predicted octanol–water partition coefficient (Wildman–Crippen LogP) is 3.93. The number of nitrogens with one attached hydrogen (secondary N) is 2.